The van der Waals surface area contributed by atoms with Crippen LogP contribution in [0.5, 0.6) is 0 Å². The minimum atomic E-state index is -3.45. The Balaban J connectivity index is 1.61. The van der Waals surface area contributed by atoms with Crippen molar-refractivity contribution in [3.63, 3.8) is 0 Å². The maximum atomic E-state index is 12.6. The highest BCUT2D eigenvalue weighted by molar-refractivity contribution is 7.89. The maximum Gasteiger partial charge on any atom is 0.243 e. The fourth-order valence-corrected chi connectivity index (χ4v) is 4.58. The number of nitrogens with zero attached hydrogens (tertiary/aromatic N) is 2. The van der Waals surface area contributed by atoms with E-state index in [0.29, 0.717) is 41.2 Å². The first kappa shape index (κ1) is 18.1. The van der Waals surface area contributed by atoms with Gasteiger partial charge in [-0.25, -0.2) is 8.42 Å². The van der Waals surface area contributed by atoms with Gasteiger partial charge >= 0.3 is 0 Å². The highest BCUT2D eigenvalue weighted by atomic mass is 35.5. The summed E-state index contributed by atoms with van der Waals surface area (Å²) < 4.78 is 26.8. The molecule has 5 nitrogen and oxygen atoms in total. The summed E-state index contributed by atoms with van der Waals surface area (Å²) in [5, 5.41) is 4.34. The summed E-state index contributed by atoms with van der Waals surface area (Å²) in [7, 11) is -3.45. The Kier molecular flexibility index (Phi) is 5.58. The van der Waals surface area contributed by atoms with Gasteiger partial charge in [-0.3, -0.25) is 0 Å². The van der Waals surface area contributed by atoms with Gasteiger partial charge in [0.05, 0.1) is 4.90 Å². The lowest BCUT2D eigenvalue weighted by Gasteiger charge is -2.35. The third-order valence-corrected chi connectivity index (χ3v) is 6.49. The number of thiocarbonyl (C=S) groups is 1. The van der Waals surface area contributed by atoms with E-state index in [-0.39, 0.29) is 0 Å². The smallest absolute Gasteiger partial charge is 0.243 e. The molecule has 0 bridgehead atoms. The van der Waals surface area contributed by atoms with Crippen LogP contribution in [0.25, 0.3) is 0 Å². The maximum absolute atomic E-state index is 12.6. The van der Waals surface area contributed by atoms with Gasteiger partial charge in [0.1, 0.15) is 0 Å². The minimum absolute atomic E-state index is 0.322. The van der Waals surface area contributed by atoms with E-state index in [9.17, 15) is 8.42 Å². The predicted octanol–water partition coefficient (Wildman–Crippen LogP) is 3.04. The molecule has 0 spiro atoms. The zero-order valence-electron chi connectivity index (χ0n) is 13.4. The lowest BCUT2D eigenvalue weighted by atomic mass is 10.3. The summed E-state index contributed by atoms with van der Waals surface area (Å²) in [6, 6.07) is 15.8. The largest absolute Gasteiger partial charge is 0.346 e. The SMILES string of the molecule is O=S(=O)(c1ccccc1)N1CCN(C(=S)Nc2cccc(Cl)c2)CC1. The molecule has 0 unspecified atom stereocenters. The fraction of sp³-hybridized carbons (Fsp3) is 0.235. The van der Waals surface area contributed by atoms with Crippen molar-refractivity contribution in [3.8, 4) is 0 Å². The van der Waals surface area contributed by atoms with Crippen LogP contribution in [0, 0.1) is 0 Å². The van der Waals surface area contributed by atoms with Crippen molar-refractivity contribution in [2.24, 2.45) is 0 Å². The van der Waals surface area contributed by atoms with E-state index >= 15 is 0 Å². The number of hydrogen-bond donors (Lipinski definition) is 1. The number of benzene rings is 2. The van der Waals surface area contributed by atoms with Crippen LogP contribution in [0.3, 0.4) is 0 Å². The topological polar surface area (TPSA) is 52.7 Å². The predicted molar refractivity (Wildman–Crippen MR) is 104 cm³/mol. The third kappa shape index (κ3) is 4.30. The zero-order chi connectivity index (χ0) is 17.9. The van der Waals surface area contributed by atoms with Gasteiger partial charge in [0.25, 0.3) is 0 Å². The summed E-state index contributed by atoms with van der Waals surface area (Å²) in [6.07, 6.45) is 0. The summed E-state index contributed by atoms with van der Waals surface area (Å²) in [6.45, 7) is 1.88. The average molecular weight is 396 g/mol. The first-order chi connectivity index (χ1) is 12.0. The second-order valence-electron chi connectivity index (χ2n) is 5.64. The molecule has 0 radical (unpaired) electrons. The fourth-order valence-electron chi connectivity index (χ4n) is 2.64. The van der Waals surface area contributed by atoms with Crippen molar-refractivity contribution in [1.29, 1.82) is 0 Å². The van der Waals surface area contributed by atoms with Crippen LogP contribution < -0.4 is 5.32 Å². The van der Waals surface area contributed by atoms with Crippen molar-refractivity contribution < 1.29 is 8.42 Å². The van der Waals surface area contributed by atoms with Gasteiger partial charge in [-0.2, -0.15) is 4.31 Å². The lowest BCUT2D eigenvalue weighted by Crippen LogP contribution is -2.51. The minimum Gasteiger partial charge on any atom is -0.346 e. The first-order valence-electron chi connectivity index (χ1n) is 7.83. The van der Waals surface area contributed by atoms with Crippen LogP contribution in [0.4, 0.5) is 5.69 Å². The molecule has 1 saturated heterocycles. The second-order valence-corrected chi connectivity index (χ2v) is 8.41. The monoisotopic (exact) mass is 395 g/mol. The zero-order valence-corrected chi connectivity index (χ0v) is 15.8. The normalized spacial score (nSPS) is 15.8. The van der Waals surface area contributed by atoms with Gasteiger partial charge in [0.15, 0.2) is 5.11 Å². The average Bonchev–Trinajstić information content (AvgIpc) is 2.62. The summed E-state index contributed by atoms with van der Waals surface area (Å²) in [4.78, 5) is 2.29. The van der Waals surface area contributed by atoms with Crippen LogP contribution in [0.2, 0.25) is 5.02 Å². The molecule has 1 N–H and O–H groups in total. The second kappa shape index (κ2) is 7.70. The summed E-state index contributed by atoms with van der Waals surface area (Å²) in [5.41, 5.74) is 0.817. The van der Waals surface area contributed by atoms with Crippen molar-refractivity contribution in [2.45, 2.75) is 4.90 Å². The van der Waals surface area contributed by atoms with Crippen molar-refractivity contribution in [1.82, 2.24) is 9.21 Å². The van der Waals surface area contributed by atoms with Crippen LogP contribution >= 0.6 is 23.8 Å². The van der Waals surface area contributed by atoms with Crippen LogP contribution in [0.15, 0.2) is 59.5 Å². The standard InChI is InChI=1S/C17H18ClN3O2S2/c18-14-5-4-6-15(13-14)19-17(24)20-9-11-21(12-10-20)25(22,23)16-7-2-1-3-8-16/h1-8,13H,9-12H2,(H,19,24). The summed E-state index contributed by atoms with van der Waals surface area (Å²) in [5.74, 6) is 0. The molecule has 0 amide bonds. The van der Waals surface area contributed by atoms with E-state index in [1.54, 1.807) is 42.5 Å². The number of nitrogens with one attached hydrogen (secondary N) is 1. The van der Waals surface area contributed by atoms with Gasteiger partial charge < -0.3 is 10.2 Å². The molecule has 8 heteroatoms. The molecule has 2 aromatic rings. The van der Waals surface area contributed by atoms with E-state index in [4.69, 9.17) is 23.8 Å². The number of sulfonamides is 1. The number of halogens is 1. The molecule has 2 aromatic carbocycles. The Labute approximate surface area is 158 Å². The lowest BCUT2D eigenvalue weighted by molar-refractivity contribution is 0.268. The number of anilines is 1. The number of piperazine rings is 1. The van der Waals surface area contributed by atoms with E-state index in [1.165, 1.54) is 4.31 Å². The van der Waals surface area contributed by atoms with E-state index in [2.05, 4.69) is 5.32 Å². The molecule has 1 aliphatic heterocycles. The Bertz CT molecular complexity index is 851. The molecular formula is C17H18ClN3O2S2. The van der Waals surface area contributed by atoms with Crippen molar-refractivity contribution in [3.05, 3.63) is 59.6 Å². The molecule has 0 saturated carbocycles. The third-order valence-electron chi connectivity index (χ3n) is 3.98. The molecule has 0 aliphatic carbocycles. The molecule has 0 aromatic heterocycles. The van der Waals surface area contributed by atoms with Crippen molar-refractivity contribution in [2.75, 3.05) is 31.5 Å². The highest BCUT2D eigenvalue weighted by Crippen LogP contribution is 2.19. The number of rotatable bonds is 3. The Morgan fingerprint density at radius 3 is 2.32 bits per heavy atom. The van der Waals surface area contributed by atoms with E-state index < -0.39 is 10.0 Å². The van der Waals surface area contributed by atoms with Crippen LogP contribution in [-0.2, 0) is 10.0 Å². The van der Waals surface area contributed by atoms with E-state index in [1.807, 2.05) is 17.0 Å². The molecule has 1 heterocycles. The van der Waals surface area contributed by atoms with Crippen LogP contribution in [-0.4, -0.2) is 48.9 Å². The first-order valence-corrected chi connectivity index (χ1v) is 10.1. The Hall–Kier alpha value is -1.67. The van der Waals surface area contributed by atoms with Gasteiger partial charge in [0, 0.05) is 36.9 Å². The summed E-state index contributed by atoms with van der Waals surface area (Å²) >= 11 is 11.4. The molecule has 1 aliphatic rings. The van der Waals surface area contributed by atoms with Crippen molar-refractivity contribution >= 4 is 44.6 Å². The van der Waals surface area contributed by atoms with Gasteiger partial charge in [-0.15, -0.1) is 0 Å². The van der Waals surface area contributed by atoms with Gasteiger partial charge in [0.2, 0.25) is 10.0 Å². The molecule has 3 rings (SSSR count). The van der Waals surface area contributed by atoms with E-state index in [0.717, 1.165) is 5.69 Å². The number of hydrogen-bond acceptors (Lipinski definition) is 3. The molecule has 1 fully saturated rings. The molecule has 132 valence electrons. The Morgan fingerprint density at radius 2 is 1.68 bits per heavy atom. The molecule has 25 heavy (non-hydrogen) atoms. The van der Waals surface area contributed by atoms with Gasteiger partial charge in [-0.05, 0) is 42.5 Å². The highest BCUT2D eigenvalue weighted by Gasteiger charge is 2.29. The van der Waals surface area contributed by atoms with Gasteiger partial charge in [-0.1, -0.05) is 35.9 Å². The molecular weight excluding hydrogens is 378 g/mol. The van der Waals surface area contributed by atoms with Crippen LogP contribution in [0.1, 0.15) is 0 Å². The Morgan fingerprint density at radius 1 is 1.00 bits per heavy atom. The molecule has 0 atom stereocenters. The quantitative estimate of drug-likeness (QED) is 0.809.